The highest BCUT2D eigenvalue weighted by atomic mass is 16.2. The van der Waals surface area contributed by atoms with Crippen LogP contribution < -0.4 is 10.6 Å². The van der Waals surface area contributed by atoms with Crippen molar-refractivity contribution in [3.8, 4) is 0 Å². The van der Waals surface area contributed by atoms with E-state index in [2.05, 4.69) is 20.6 Å². The Balaban J connectivity index is 1.58. The Morgan fingerprint density at radius 3 is 2.47 bits per heavy atom. The van der Waals surface area contributed by atoms with Crippen LogP contribution in [0.3, 0.4) is 0 Å². The first-order chi connectivity index (χ1) is 16.3. The number of aryl methyl sites for hydroxylation is 2. The minimum absolute atomic E-state index is 0.203. The molecular weight excluding hydrogens is 430 g/mol. The lowest BCUT2D eigenvalue weighted by Crippen LogP contribution is -2.37. The summed E-state index contributed by atoms with van der Waals surface area (Å²) in [6.07, 6.45) is 2.88. The van der Waals surface area contributed by atoms with Crippen LogP contribution in [-0.2, 0) is 6.42 Å². The molecule has 0 fully saturated rings. The van der Waals surface area contributed by atoms with Crippen molar-refractivity contribution >= 4 is 34.9 Å². The molecule has 0 aliphatic carbocycles. The number of benzene rings is 2. The van der Waals surface area contributed by atoms with Gasteiger partial charge in [0, 0.05) is 34.7 Å². The first kappa shape index (κ1) is 23.1. The van der Waals surface area contributed by atoms with E-state index in [-0.39, 0.29) is 29.3 Å². The van der Waals surface area contributed by atoms with Crippen molar-refractivity contribution in [1.29, 1.82) is 0 Å². The molecule has 174 valence electrons. The van der Waals surface area contributed by atoms with E-state index in [4.69, 9.17) is 0 Å². The van der Waals surface area contributed by atoms with Gasteiger partial charge in [0.25, 0.3) is 17.7 Å². The summed E-state index contributed by atoms with van der Waals surface area (Å²) in [5.74, 6) is -0.366. The van der Waals surface area contributed by atoms with Crippen LogP contribution in [0.1, 0.15) is 69.5 Å². The Kier molecular flexibility index (Phi) is 6.40. The third kappa shape index (κ3) is 4.39. The third-order valence-corrected chi connectivity index (χ3v) is 6.03. The summed E-state index contributed by atoms with van der Waals surface area (Å²) in [5, 5.41) is 6.18. The number of nitrogens with one attached hydrogen (secondary N) is 2. The molecule has 1 aliphatic heterocycles. The SMILES string of the molecule is CCc1ccc(Nc2cc(C)ncn2)cc1NC(=O)c1ccc2c(c1)C(=O)N(C(C)CC)C2=O. The monoisotopic (exact) mass is 457 g/mol. The first-order valence-electron chi connectivity index (χ1n) is 11.3. The van der Waals surface area contributed by atoms with Gasteiger partial charge in [-0.15, -0.1) is 0 Å². The van der Waals surface area contributed by atoms with Crippen molar-refractivity contribution in [1.82, 2.24) is 14.9 Å². The predicted octanol–water partition coefficient (Wildman–Crippen LogP) is 4.74. The second-order valence-corrected chi connectivity index (χ2v) is 8.35. The fourth-order valence-corrected chi connectivity index (χ4v) is 3.93. The standard InChI is InChI=1S/C26H27N5O3/c1-5-16(4)31-25(33)20-10-8-18(12-21(20)26(31)34)24(32)30-22-13-19(9-7-17(22)6-2)29-23-11-15(3)27-14-28-23/h7-14,16H,5-6H2,1-4H3,(H,30,32)(H,27,28,29). The quantitative estimate of drug-likeness (QED) is 0.497. The molecule has 0 radical (unpaired) electrons. The van der Waals surface area contributed by atoms with Crippen LogP contribution in [0.5, 0.6) is 0 Å². The highest BCUT2D eigenvalue weighted by Crippen LogP contribution is 2.28. The lowest BCUT2D eigenvalue weighted by Gasteiger charge is -2.20. The largest absolute Gasteiger partial charge is 0.340 e. The van der Waals surface area contributed by atoms with Crippen LogP contribution >= 0.6 is 0 Å². The summed E-state index contributed by atoms with van der Waals surface area (Å²) in [7, 11) is 0. The van der Waals surface area contributed by atoms with Crippen molar-refractivity contribution in [3.63, 3.8) is 0 Å². The van der Waals surface area contributed by atoms with Crippen LogP contribution in [0.15, 0.2) is 48.8 Å². The number of fused-ring (bicyclic) bond motifs is 1. The van der Waals surface area contributed by atoms with Gasteiger partial charge in [-0.25, -0.2) is 9.97 Å². The molecule has 2 N–H and O–H groups in total. The molecule has 1 aromatic heterocycles. The molecule has 1 unspecified atom stereocenters. The number of nitrogens with zero attached hydrogens (tertiary/aromatic N) is 3. The van der Waals surface area contributed by atoms with Gasteiger partial charge in [0.1, 0.15) is 12.1 Å². The van der Waals surface area contributed by atoms with Crippen molar-refractivity contribution in [2.24, 2.45) is 0 Å². The van der Waals surface area contributed by atoms with Gasteiger partial charge >= 0.3 is 0 Å². The van der Waals surface area contributed by atoms with Crippen LogP contribution in [0, 0.1) is 6.92 Å². The maximum atomic E-state index is 13.1. The first-order valence-corrected chi connectivity index (χ1v) is 11.3. The van der Waals surface area contributed by atoms with Crippen molar-refractivity contribution < 1.29 is 14.4 Å². The number of amides is 3. The molecule has 1 atom stereocenters. The zero-order valence-corrected chi connectivity index (χ0v) is 19.7. The summed E-state index contributed by atoms with van der Waals surface area (Å²) < 4.78 is 0. The third-order valence-electron chi connectivity index (χ3n) is 6.03. The Bertz CT molecular complexity index is 1290. The molecule has 8 nitrogen and oxygen atoms in total. The van der Waals surface area contributed by atoms with Gasteiger partial charge in [0.05, 0.1) is 11.1 Å². The number of hydrogen-bond acceptors (Lipinski definition) is 6. The molecule has 2 heterocycles. The Hall–Kier alpha value is -4.07. The number of imide groups is 1. The molecule has 3 amide bonds. The molecule has 0 saturated heterocycles. The van der Waals surface area contributed by atoms with Crippen LogP contribution in [0.4, 0.5) is 17.2 Å². The number of carbonyl (C=O) groups is 3. The lowest BCUT2D eigenvalue weighted by molar-refractivity contribution is 0.0593. The number of hydrogen-bond donors (Lipinski definition) is 2. The summed E-state index contributed by atoms with van der Waals surface area (Å²) >= 11 is 0. The van der Waals surface area contributed by atoms with Crippen LogP contribution in [0.2, 0.25) is 0 Å². The van der Waals surface area contributed by atoms with E-state index in [1.54, 1.807) is 12.1 Å². The summed E-state index contributed by atoms with van der Waals surface area (Å²) in [5.41, 5.74) is 4.15. The van der Waals surface area contributed by atoms with Gasteiger partial charge in [0.15, 0.2) is 0 Å². The predicted molar refractivity (Wildman–Crippen MR) is 131 cm³/mol. The molecular formula is C26H27N5O3. The maximum absolute atomic E-state index is 13.1. The molecule has 8 heteroatoms. The normalized spacial score (nSPS) is 13.6. The molecule has 0 spiro atoms. The summed E-state index contributed by atoms with van der Waals surface area (Å²) in [6.45, 7) is 7.66. The summed E-state index contributed by atoms with van der Waals surface area (Å²) in [6, 6.07) is 12.0. The van der Waals surface area contributed by atoms with E-state index in [1.165, 1.54) is 17.3 Å². The Morgan fingerprint density at radius 2 is 1.76 bits per heavy atom. The highest BCUT2D eigenvalue weighted by molar-refractivity contribution is 6.22. The van der Waals surface area contributed by atoms with E-state index in [0.29, 0.717) is 29.1 Å². The van der Waals surface area contributed by atoms with Gasteiger partial charge < -0.3 is 10.6 Å². The van der Waals surface area contributed by atoms with Gasteiger partial charge in [-0.05, 0) is 62.6 Å². The average molecular weight is 458 g/mol. The fraction of sp³-hybridized carbons (Fsp3) is 0.269. The molecule has 4 rings (SSSR count). The lowest BCUT2D eigenvalue weighted by atomic mass is 10.0. The van der Waals surface area contributed by atoms with E-state index >= 15 is 0 Å². The molecule has 3 aromatic rings. The molecule has 34 heavy (non-hydrogen) atoms. The topological polar surface area (TPSA) is 104 Å². The maximum Gasteiger partial charge on any atom is 0.261 e. The van der Waals surface area contributed by atoms with E-state index < -0.39 is 0 Å². The molecule has 0 bridgehead atoms. The second kappa shape index (κ2) is 9.43. The molecule has 1 aliphatic rings. The second-order valence-electron chi connectivity index (χ2n) is 8.35. The smallest absolute Gasteiger partial charge is 0.261 e. The zero-order chi connectivity index (χ0) is 24.4. The van der Waals surface area contributed by atoms with E-state index in [0.717, 1.165) is 23.4 Å². The van der Waals surface area contributed by atoms with Gasteiger partial charge in [-0.3, -0.25) is 19.3 Å². The van der Waals surface area contributed by atoms with Crippen LogP contribution in [0.25, 0.3) is 0 Å². The zero-order valence-electron chi connectivity index (χ0n) is 19.7. The Morgan fingerprint density at radius 1 is 1.00 bits per heavy atom. The highest BCUT2D eigenvalue weighted by Gasteiger charge is 2.38. The van der Waals surface area contributed by atoms with Crippen molar-refractivity contribution in [3.05, 3.63) is 76.7 Å². The van der Waals surface area contributed by atoms with Gasteiger partial charge in [-0.2, -0.15) is 0 Å². The minimum atomic E-state index is -0.357. The average Bonchev–Trinajstić information content (AvgIpc) is 3.08. The van der Waals surface area contributed by atoms with Gasteiger partial charge in [0.2, 0.25) is 0 Å². The number of carbonyl (C=O) groups excluding carboxylic acids is 3. The van der Waals surface area contributed by atoms with Crippen LogP contribution in [-0.4, -0.2) is 38.6 Å². The Labute approximate surface area is 198 Å². The molecule has 0 saturated carbocycles. The molecule has 2 aromatic carbocycles. The fourth-order valence-electron chi connectivity index (χ4n) is 3.93. The summed E-state index contributed by atoms with van der Waals surface area (Å²) in [4.78, 5) is 48.2. The number of aromatic nitrogens is 2. The minimum Gasteiger partial charge on any atom is -0.340 e. The van der Waals surface area contributed by atoms with Crippen molar-refractivity contribution in [2.75, 3.05) is 10.6 Å². The van der Waals surface area contributed by atoms with Gasteiger partial charge in [-0.1, -0.05) is 19.9 Å². The van der Waals surface area contributed by atoms with E-state index in [9.17, 15) is 14.4 Å². The number of rotatable bonds is 7. The van der Waals surface area contributed by atoms with Crippen molar-refractivity contribution in [2.45, 2.75) is 46.6 Å². The number of anilines is 3. The van der Waals surface area contributed by atoms with E-state index in [1.807, 2.05) is 52.0 Å².